The fourth-order valence-electron chi connectivity index (χ4n) is 1.28. The fraction of sp³-hybridized carbons (Fsp3) is 0.167. The Hall–Kier alpha value is -1.39. The van der Waals surface area contributed by atoms with E-state index in [-0.39, 0.29) is 6.04 Å². The van der Waals surface area contributed by atoms with E-state index >= 15 is 0 Å². The molecule has 2 rings (SSSR count). The smallest absolute Gasteiger partial charge is 0.192 e. The standard InChI is InChI=1S/C12H13N3S/c1-9(13)10-3-5-11(6-4-10)16-12-14-7-2-8-15-12/h2-9H,13H2,1H3. The summed E-state index contributed by atoms with van der Waals surface area (Å²) in [7, 11) is 0. The van der Waals surface area contributed by atoms with Crippen LogP contribution >= 0.6 is 11.8 Å². The van der Waals surface area contributed by atoms with Crippen molar-refractivity contribution in [1.29, 1.82) is 0 Å². The summed E-state index contributed by atoms with van der Waals surface area (Å²) in [6, 6.07) is 10.0. The first-order valence-electron chi connectivity index (χ1n) is 5.06. The monoisotopic (exact) mass is 231 g/mol. The van der Waals surface area contributed by atoms with Crippen molar-refractivity contribution < 1.29 is 0 Å². The minimum absolute atomic E-state index is 0.0759. The van der Waals surface area contributed by atoms with Crippen LogP contribution in [-0.4, -0.2) is 9.97 Å². The molecule has 0 bridgehead atoms. The van der Waals surface area contributed by atoms with Gasteiger partial charge in [-0.1, -0.05) is 12.1 Å². The highest BCUT2D eigenvalue weighted by atomic mass is 32.2. The lowest BCUT2D eigenvalue weighted by Gasteiger charge is -2.05. The Bertz CT molecular complexity index is 440. The van der Waals surface area contributed by atoms with Gasteiger partial charge in [-0.3, -0.25) is 0 Å². The van der Waals surface area contributed by atoms with Crippen LogP contribution < -0.4 is 5.73 Å². The second-order valence-electron chi connectivity index (χ2n) is 3.49. The zero-order chi connectivity index (χ0) is 11.4. The van der Waals surface area contributed by atoms with Gasteiger partial charge in [0.15, 0.2) is 5.16 Å². The molecule has 0 radical (unpaired) electrons. The number of nitrogens with two attached hydrogens (primary N) is 1. The van der Waals surface area contributed by atoms with E-state index in [1.54, 1.807) is 24.2 Å². The van der Waals surface area contributed by atoms with E-state index < -0.39 is 0 Å². The van der Waals surface area contributed by atoms with Gasteiger partial charge in [0.05, 0.1) is 0 Å². The highest BCUT2D eigenvalue weighted by Gasteiger charge is 2.01. The molecule has 0 aliphatic rings. The van der Waals surface area contributed by atoms with Gasteiger partial charge in [-0.25, -0.2) is 9.97 Å². The Kier molecular flexibility index (Phi) is 3.54. The maximum Gasteiger partial charge on any atom is 0.192 e. The van der Waals surface area contributed by atoms with Crippen LogP contribution in [-0.2, 0) is 0 Å². The first-order chi connectivity index (χ1) is 7.75. The van der Waals surface area contributed by atoms with Gasteiger partial charge in [-0.2, -0.15) is 0 Å². The molecule has 1 heterocycles. The van der Waals surface area contributed by atoms with Crippen molar-refractivity contribution in [2.75, 3.05) is 0 Å². The van der Waals surface area contributed by atoms with E-state index in [2.05, 4.69) is 9.97 Å². The van der Waals surface area contributed by atoms with E-state index in [1.807, 2.05) is 37.3 Å². The average Bonchev–Trinajstić information content (AvgIpc) is 2.31. The van der Waals surface area contributed by atoms with E-state index in [1.165, 1.54) is 0 Å². The number of rotatable bonds is 3. The van der Waals surface area contributed by atoms with Gasteiger partial charge >= 0.3 is 0 Å². The van der Waals surface area contributed by atoms with Gasteiger partial charge < -0.3 is 5.73 Å². The molecule has 0 saturated carbocycles. The molecule has 3 nitrogen and oxygen atoms in total. The molecule has 1 unspecified atom stereocenters. The molecule has 0 aliphatic carbocycles. The van der Waals surface area contributed by atoms with E-state index in [9.17, 15) is 0 Å². The lowest BCUT2D eigenvalue weighted by molar-refractivity contribution is 0.817. The third kappa shape index (κ3) is 2.81. The van der Waals surface area contributed by atoms with Crippen molar-refractivity contribution in [3.8, 4) is 0 Å². The lowest BCUT2D eigenvalue weighted by Crippen LogP contribution is -2.04. The SMILES string of the molecule is CC(N)c1ccc(Sc2ncccn2)cc1. The number of benzene rings is 1. The minimum atomic E-state index is 0.0759. The van der Waals surface area contributed by atoms with Crippen LogP contribution in [0.15, 0.2) is 52.8 Å². The summed E-state index contributed by atoms with van der Waals surface area (Å²) in [4.78, 5) is 9.44. The first-order valence-corrected chi connectivity index (χ1v) is 5.88. The Labute approximate surface area is 99.1 Å². The number of nitrogens with zero attached hydrogens (tertiary/aromatic N) is 2. The summed E-state index contributed by atoms with van der Waals surface area (Å²) in [5.74, 6) is 0. The molecule has 1 atom stereocenters. The van der Waals surface area contributed by atoms with Crippen LogP contribution in [0.3, 0.4) is 0 Å². The van der Waals surface area contributed by atoms with E-state index in [4.69, 9.17) is 5.73 Å². The van der Waals surface area contributed by atoms with Crippen LogP contribution in [0.5, 0.6) is 0 Å². The van der Waals surface area contributed by atoms with Crippen LogP contribution in [0.4, 0.5) is 0 Å². The van der Waals surface area contributed by atoms with Crippen molar-refractivity contribution in [2.24, 2.45) is 5.73 Å². The summed E-state index contributed by atoms with van der Waals surface area (Å²) in [6.07, 6.45) is 3.48. The summed E-state index contributed by atoms with van der Waals surface area (Å²) in [5.41, 5.74) is 6.92. The van der Waals surface area contributed by atoms with Crippen molar-refractivity contribution in [1.82, 2.24) is 9.97 Å². The topological polar surface area (TPSA) is 51.8 Å². The third-order valence-corrected chi connectivity index (χ3v) is 3.06. The first kappa shape index (κ1) is 11.1. The second kappa shape index (κ2) is 5.09. The van der Waals surface area contributed by atoms with Gasteiger partial charge in [0, 0.05) is 23.3 Å². The summed E-state index contributed by atoms with van der Waals surface area (Å²) in [5, 5.41) is 0.760. The Balaban J connectivity index is 2.11. The molecule has 2 aromatic rings. The van der Waals surface area contributed by atoms with Crippen LogP contribution in [0.25, 0.3) is 0 Å². The third-order valence-electron chi connectivity index (χ3n) is 2.16. The highest BCUT2D eigenvalue weighted by Crippen LogP contribution is 2.24. The Morgan fingerprint density at radius 2 is 1.75 bits per heavy atom. The molecular weight excluding hydrogens is 218 g/mol. The molecule has 0 spiro atoms. The lowest BCUT2D eigenvalue weighted by atomic mass is 10.1. The van der Waals surface area contributed by atoms with Gasteiger partial charge in [-0.15, -0.1) is 0 Å². The Morgan fingerprint density at radius 1 is 1.12 bits per heavy atom. The molecule has 1 aromatic heterocycles. The van der Waals surface area contributed by atoms with Gasteiger partial charge in [0.1, 0.15) is 0 Å². The molecule has 16 heavy (non-hydrogen) atoms. The van der Waals surface area contributed by atoms with Crippen molar-refractivity contribution >= 4 is 11.8 Å². The number of aromatic nitrogens is 2. The van der Waals surface area contributed by atoms with Crippen molar-refractivity contribution in [3.05, 3.63) is 48.3 Å². The molecular formula is C12H13N3S. The molecule has 1 aromatic carbocycles. The molecule has 0 saturated heterocycles. The van der Waals surface area contributed by atoms with Crippen molar-refractivity contribution in [3.63, 3.8) is 0 Å². The summed E-state index contributed by atoms with van der Waals surface area (Å²) < 4.78 is 0. The van der Waals surface area contributed by atoms with Gasteiger partial charge in [0.25, 0.3) is 0 Å². The molecule has 82 valence electrons. The fourth-order valence-corrected chi connectivity index (χ4v) is 1.99. The summed E-state index contributed by atoms with van der Waals surface area (Å²) >= 11 is 1.54. The molecule has 0 amide bonds. The predicted octanol–water partition coefficient (Wildman–Crippen LogP) is 2.65. The predicted molar refractivity (Wildman–Crippen MR) is 65.2 cm³/mol. The maximum atomic E-state index is 5.78. The molecule has 2 N–H and O–H groups in total. The van der Waals surface area contributed by atoms with Crippen LogP contribution in [0, 0.1) is 0 Å². The zero-order valence-electron chi connectivity index (χ0n) is 9.00. The second-order valence-corrected chi connectivity index (χ2v) is 4.53. The quantitative estimate of drug-likeness (QED) is 0.825. The molecule has 4 heteroatoms. The number of hydrogen-bond donors (Lipinski definition) is 1. The summed E-state index contributed by atoms with van der Waals surface area (Å²) in [6.45, 7) is 1.97. The zero-order valence-corrected chi connectivity index (χ0v) is 9.82. The maximum absolute atomic E-state index is 5.78. The normalized spacial score (nSPS) is 12.4. The van der Waals surface area contributed by atoms with Crippen LogP contribution in [0.1, 0.15) is 18.5 Å². The Morgan fingerprint density at radius 3 is 2.31 bits per heavy atom. The van der Waals surface area contributed by atoms with Gasteiger partial charge in [0.2, 0.25) is 0 Å². The minimum Gasteiger partial charge on any atom is -0.324 e. The van der Waals surface area contributed by atoms with E-state index in [0.717, 1.165) is 15.6 Å². The number of hydrogen-bond acceptors (Lipinski definition) is 4. The van der Waals surface area contributed by atoms with E-state index in [0.29, 0.717) is 0 Å². The largest absolute Gasteiger partial charge is 0.324 e. The van der Waals surface area contributed by atoms with Crippen LogP contribution in [0.2, 0.25) is 0 Å². The highest BCUT2D eigenvalue weighted by molar-refractivity contribution is 7.99. The van der Waals surface area contributed by atoms with Gasteiger partial charge in [-0.05, 0) is 42.4 Å². The molecule has 0 fully saturated rings. The molecule has 0 aliphatic heterocycles. The average molecular weight is 231 g/mol. The van der Waals surface area contributed by atoms with Crippen molar-refractivity contribution in [2.45, 2.75) is 23.0 Å².